The monoisotopic (exact) mass is 672 g/mol. The lowest BCUT2D eigenvalue weighted by molar-refractivity contribution is -0.192. The summed E-state index contributed by atoms with van der Waals surface area (Å²) >= 11 is 0. The lowest BCUT2D eigenvalue weighted by atomic mass is 10.1. The van der Waals surface area contributed by atoms with E-state index in [1.54, 1.807) is 35.8 Å². The number of fused-ring (bicyclic) bond motifs is 1. The van der Waals surface area contributed by atoms with Crippen molar-refractivity contribution in [1.29, 1.82) is 5.26 Å². The first-order valence-electron chi connectivity index (χ1n) is 13.7. The van der Waals surface area contributed by atoms with E-state index < -0.39 is 27.7 Å². The van der Waals surface area contributed by atoms with Crippen molar-refractivity contribution in [3.63, 3.8) is 0 Å². The number of imidazole rings is 1. The minimum Gasteiger partial charge on any atom is -0.475 e. The topological polar surface area (TPSA) is 198 Å². The fraction of sp³-hybridized carbons (Fsp3) is 0.276. The van der Waals surface area contributed by atoms with Crippen LogP contribution in [0.3, 0.4) is 0 Å². The van der Waals surface area contributed by atoms with Crippen LogP contribution in [0.1, 0.15) is 18.1 Å². The maximum absolute atomic E-state index is 14.1. The number of aromatic nitrogens is 4. The SMILES string of the molecule is CC#CCn1c(N2CCNCC2)nc2nc(Oc3ccc(S(N)(=O)=O)cc3)n(Cc3ccccc3C#N)c(=O)c21.O=C(O)C(F)(F)F. The van der Waals surface area contributed by atoms with Gasteiger partial charge in [-0.1, -0.05) is 24.1 Å². The molecule has 1 fully saturated rings. The highest BCUT2D eigenvalue weighted by molar-refractivity contribution is 7.89. The van der Waals surface area contributed by atoms with Crippen molar-refractivity contribution < 1.29 is 36.2 Å². The van der Waals surface area contributed by atoms with Gasteiger partial charge in [0.2, 0.25) is 16.0 Å². The van der Waals surface area contributed by atoms with Crippen LogP contribution in [0.2, 0.25) is 0 Å². The van der Waals surface area contributed by atoms with E-state index in [1.165, 1.54) is 28.8 Å². The van der Waals surface area contributed by atoms with Crippen LogP contribution in [-0.2, 0) is 27.9 Å². The number of piperazine rings is 1. The van der Waals surface area contributed by atoms with Crippen LogP contribution in [0.25, 0.3) is 11.2 Å². The van der Waals surface area contributed by atoms with E-state index in [0.29, 0.717) is 30.2 Å². The summed E-state index contributed by atoms with van der Waals surface area (Å²) in [6.45, 7) is 4.92. The van der Waals surface area contributed by atoms with Gasteiger partial charge in [0, 0.05) is 26.2 Å². The maximum Gasteiger partial charge on any atom is 0.490 e. The van der Waals surface area contributed by atoms with Gasteiger partial charge in [0.25, 0.3) is 5.56 Å². The lowest BCUT2D eigenvalue weighted by Crippen LogP contribution is -2.44. The standard InChI is InChI=1S/C27H26N8O4S.C2HF3O2/c1-2-3-14-34-23-24(31-26(34)33-15-12-30-13-16-33)32-27(39-21-8-10-22(11-9-21)40(29,37)38)35(25(23)36)18-20-7-5-4-6-19(20)17-28;3-2(4,5)1(6)7/h4-11,30H,12-16,18H2,1H3,(H2,29,37,38);(H,6,7). The molecule has 0 radical (unpaired) electrons. The molecule has 2 aromatic carbocycles. The first-order chi connectivity index (χ1) is 22.2. The van der Waals surface area contributed by atoms with Crippen molar-refractivity contribution >= 4 is 33.1 Å². The number of halogens is 3. The average molecular weight is 673 g/mol. The fourth-order valence-corrected chi connectivity index (χ4v) is 4.97. The van der Waals surface area contributed by atoms with Gasteiger partial charge in [0.15, 0.2) is 11.2 Å². The third-order valence-electron chi connectivity index (χ3n) is 6.69. The maximum atomic E-state index is 14.1. The Kier molecular flexibility index (Phi) is 10.5. The van der Waals surface area contributed by atoms with Gasteiger partial charge in [-0.3, -0.25) is 13.9 Å². The number of nitriles is 1. The van der Waals surface area contributed by atoms with E-state index in [-0.39, 0.29) is 40.9 Å². The Hall–Kier alpha value is -5.43. The number of anilines is 1. The van der Waals surface area contributed by atoms with Gasteiger partial charge in [-0.05, 0) is 42.8 Å². The molecular formula is C29H27F3N8O6S. The van der Waals surface area contributed by atoms with Crippen LogP contribution in [0.5, 0.6) is 11.8 Å². The summed E-state index contributed by atoms with van der Waals surface area (Å²) < 4.78 is 64.2. The summed E-state index contributed by atoms with van der Waals surface area (Å²) in [6.07, 6.45) is -5.08. The molecule has 1 saturated heterocycles. The highest BCUT2D eigenvalue weighted by Crippen LogP contribution is 2.26. The number of carboxylic acid groups (broad SMARTS) is 1. The Balaban J connectivity index is 0.000000644. The van der Waals surface area contributed by atoms with E-state index in [9.17, 15) is 31.6 Å². The molecule has 4 N–H and O–H groups in total. The fourth-order valence-electron chi connectivity index (χ4n) is 4.46. The number of hydrogen-bond donors (Lipinski definition) is 3. The van der Waals surface area contributed by atoms with Crippen LogP contribution < -0.4 is 25.7 Å². The number of carbonyl (C=O) groups is 1. The van der Waals surface area contributed by atoms with Crippen molar-refractivity contribution in [2.75, 3.05) is 31.1 Å². The number of aliphatic carboxylic acids is 1. The number of primary sulfonamides is 1. The number of nitrogens with one attached hydrogen (secondary N) is 1. The van der Waals surface area contributed by atoms with E-state index in [2.05, 4.69) is 33.1 Å². The zero-order valence-corrected chi connectivity index (χ0v) is 25.5. The third kappa shape index (κ3) is 8.24. The van der Waals surface area contributed by atoms with Gasteiger partial charge in [0.05, 0.1) is 29.6 Å². The second kappa shape index (κ2) is 14.3. The molecule has 14 nitrogen and oxygen atoms in total. The van der Waals surface area contributed by atoms with Gasteiger partial charge in [0.1, 0.15) is 5.75 Å². The summed E-state index contributed by atoms with van der Waals surface area (Å²) in [5.74, 6) is 3.97. The van der Waals surface area contributed by atoms with Gasteiger partial charge < -0.3 is 20.1 Å². The van der Waals surface area contributed by atoms with E-state index in [4.69, 9.17) is 24.8 Å². The third-order valence-corrected chi connectivity index (χ3v) is 7.62. The van der Waals surface area contributed by atoms with Crippen LogP contribution in [-0.4, -0.2) is 71.0 Å². The molecule has 18 heteroatoms. The second-order valence-electron chi connectivity index (χ2n) is 9.81. The predicted octanol–water partition coefficient (Wildman–Crippen LogP) is 2.02. The van der Waals surface area contributed by atoms with Crippen molar-refractivity contribution in [2.45, 2.75) is 31.1 Å². The Morgan fingerprint density at radius 2 is 1.74 bits per heavy atom. The molecule has 0 amide bonds. The molecule has 1 aliphatic heterocycles. The predicted molar refractivity (Wildman–Crippen MR) is 162 cm³/mol. The second-order valence-corrected chi connectivity index (χ2v) is 11.4. The van der Waals surface area contributed by atoms with Crippen LogP contribution in [0.4, 0.5) is 19.1 Å². The number of carboxylic acids is 1. The molecular weight excluding hydrogens is 645 g/mol. The zero-order valence-electron chi connectivity index (χ0n) is 24.7. The molecule has 0 saturated carbocycles. The first-order valence-corrected chi connectivity index (χ1v) is 15.2. The Morgan fingerprint density at radius 1 is 1.11 bits per heavy atom. The van der Waals surface area contributed by atoms with E-state index in [1.807, 2.05) is 0 Å². The van der Waals surface area contributed by atoms with Crippen LogP contribution in [0.15, 0.2) is 58.2 Å². The molecule has 2 aromatic heterocycles. The number of alkyl halides is 3. The number of benzene rings is 2. The molecule has 3 heterocycles. The summed E-state index contributed by atoms with van der Waals surface area (Å²) in [5.41, 5.74) is 1.05. The largest absolute Gasteiger partial charge is 0.490 e. The molecule has 47 heavy (non-hydrogen) atoms. The Bertz CT molecular complexity index is 2050. The highest BCUT2D eigenvalue weighted by Gasteiger charge is 2.38. The van der Waals surface area contributed by atoms with Gasteiger partial charge >= 0.3 is 18.2 Å². The molecule has 0 unspecified atom stereocenters. The number of ether oxygens (including phenoxy) is 1. The molecule has 246 valence electrons. The molecule has 5 rings (SSSR count). The minimum absolute atomic E-state index is 0.00368. The minimum atomic E-state index is -5.08. The van der Waals surface area contributed by atoms with E-state index >= 15 is 0 Å². The Labute approximate surface area is 265 Å². The smallest absolute Gasteiger partial charge is 0.475 e. The van der Waals surface area contributed by atoms with Crippen molar-refractivity contribution in [3.8, 4) is 29.7 Å². The Morgan fingerprint density at radius 3 is 2.32 bits per heavy atom. The lowest BCUT2D eigenvalue weighted by Gasteiger charge is -2.28. The molecule has 4 aromatic rings. The quantitative estimate of drug-likeness (QED) is 0.243. The summed E-state index contributed by atoms with van der Waals surface area (Å²) in [6, 6.07) is 14.5. The van der Waals surface area contributed by atoms with Crippen LogP contribution in [0, 0.1) is 23.2 Å². The first kappa shape index (κ1) is 34.4. The van der Waals surface area contributed by atoms with Crippen molar-refractivity contribution in [3.05, 3.63) is 70.0 Å². The van der Waals surface area contributed by atoms with Gasteiger partial charge in [-0.2, -0.15) is 28.4 Å². The molecule has 0 atom stereocenters. The molecule has 1 aliphatic rings. The number of rotatable bonds is 7. The van der Waals surface area contributed by atoms with E-state index in [0.717, 1.165) is 13.1 Å². The molecule has 0 aliphatic carbocycles. The van der Waals surface area contributed by atoms with Gasteiger partial charge in [-0.25, -0.2) is 18.4 Å². The average Bonchev–Trinajstić information content (AvgIpc) is 3.40. The summed E-state index contributed by atoms with van der Waals surface area (Å²) in [4.78, 5) is 34.4. The van der Waals surface area contributed by atoms with Crippen molar-refractivity contribution in [1.82, 2.24) is 24.4 Å². The van der Waals surface area contributed by atoms with Crippen LogP contribution >= 0.6 is 0 Å². The normalized spacial score (nSPS) is 13.1. The molecule has 0 bridgehead atoms. The zero-order chi connectivity index (χ0) is 34.4. The number of hydrogen-bond acceptors (Lipinski definition) is 10. The molecule has 0 spiro atoms. The number of sulfonamides is 1. The number of nitrogens with zero attached hydrogens (tertiary/aromatic N) is 6. The summed E-state index contributed by atoms with van der Waals surface area (Å²) in [7, 11) is -3.89. The highest BCUT2D eigenvalue weighted by atomic mass is 32.2. The van der Waals surface area contributed by atoms with Gasteiger partial charge in [-0.15, -0.1) is 5.92 Å². The number of nitrogens with two attached hydrogens (primary N) is 1. The summed E-state index contributed by atoms with van der Waals surface area (Å²) in [5, 5.41) is 25.3. The van der Waals surface area contributed by atoms with Crippen molar-refractivity contribution in [2.24, 2.45) is 5.14 Å².